The topological polar surface area (TPSA) is 43.1 Å². The molecule has 3 rings (SSSR count). The lowest BCUT2D eigenvalue weighted by molar-refractivity contribution is -0.123. The minimum atomic E-state index is 0.123. The molecule has 1 fully saturated rings. The highest BCUT2D eigenvalue weighted by atomic mass is 16.1. The number of rotatable bonds is 3. The first-order valence-corrected chi connectivity index (χ1v) is 6.62. The average molecular weight is 229 g/mol. The summed E-state index contributed by atoms with van der Waals surface area (Å²) in [5.41, 5.74) is 8.79. The molecule has 1 aromatic rings. The summed E-state index contributed by atoms with van der Waals surface area (Å²) in [6.45, 7) is 0. The lowest BCUT2D eigenvalue weighted by Gasteiger charge is -2.30. The van der Waals surface area contributed by atoms with E-state index >= 15 is 0 Å². The largest absolute Gasteiger partial charge is 0.327 e. The summed E-state index contributed by atoms with van der Waals surface area (Å²) in [6.07, 6.45) is 4.93. The molecule has 3 atom stereocenters. The number of nitrogens with two attached hydrogens (primary N) is 1. The molecule has 2 aliphatic carbocycles. The molecule has 2 N–H and O–H groups in total. The number of ketones is 1. The minimum absolute atomic E-state index is 0.123. The van der Waals surface area contributed by atoms with Gasteiger partial charge in [-0.25, -0.2) is 0 Å². The lowest BCUT2D eigenvalue weighted by atomic mass is 9.73. The minimum Gasteiger partial charge on any atom is -0.327 e. The maximum absolute atomic E-state index is 12.2. The Hall–Kier alpha value is -1.15. The van der Waals surface area contributed by atoms with Crippen LogP contribution in [0.5, 0.6) is 0 Å². The van der Waals surface area contributed by atoms with Gasteiger partial charge in [-0.2, -0.15) is 0 Å². The Morgan fingerprint density at radius 1 is 1.29 bits per heavy atom. The van der Waals surface area contributed by atoms with Crippen LogP contribution in [0.3, 0.4) is 0 Å². The Morgan fingerprint density at radius 2 is 2.12 bits per heavy atom. The Kier molecular flexibility index (Phi) is 2.75. The summed E-state index contributed by atoms with van der Waals surface area (Å²) >= 11 is 0. The van der Waals surface area contributed by atoms with E-state index in [0.29, 0.717) is 18.1 Å². The standard InChI is InChI=1S/C15H19NO/c16-14-7-3-6-13(14)15(17)9-11-8-10-4-1-2-5-12(10)11/h1-2,4-5,11,13-14H,3,6-9,16H2. The molecule has 1 aromatic carbocycles. The van der Waals surface area contributed by atoms with Crippen LogP contribution in [-0.4, -0.2) is 11.8 Å². The zero-order chi connectivity index (χ0) is 11.8. The summed E-state index contributed by atoms with van der Waals surface area (Å²) in [6, 6.07) is 8.58. The summed E-state index contributed by atoms with van der Waals surface area (Å²) in [5, 5.41) is 0. The van der Waals surface area contributed by atoms with Gasteiger partial charge in [0.25, 0.3) is 0 Å². The fraction of sp³-hybridized carbons (Fsp3) is 0.533. The monoisotopic (exact) mass is 229 g/mol. The normalized spacial score (nSPS) is 30.8. The van der Waals surface area contributed by atoms with Crippen LogP contribution in [0.25, 0.3) is 0 Å². The smallest absolute Gasteiger partial charge is 0.138 e. The van der Waals surface area contributed by atoms with Gasteiger partial charge in [-0.05, 0) is 36.3 Å². The predicted molar refractivity (Wildman–Crippen MR) is 67.8 cm³/mol. The van der Waals surface area contributed by atoms with Gasteiger partial charge in [-0.15, -0.1) is 0 Å². The van der Waals surface area contributed by atoms with Crippen molar-refractivity contribution in [2.75, 3.05) is 0 Å². The van der Waals surface area contributed by atoms with Crippen molar-refractivity contribution in [2.45, 2.75) is 44.1 Å². The van der Waals surface area contributed by atoms with E-state index in [9.17, 15) is 4.79 Å². The van der Waals surface area contributed by atoms with Gasteiger partial charge in [0.2, 0.25) is 0 Å². The number of Topliss-reactive ketones (excluding diaryl/α,β-unsaturated/α-hetero) is 1. The first-order chi connectivity index (χ1) is 8.25. The average Bonchev–Trinajstić information content (AvgIpc) is 2.72. The second kappa shape index (κ2) is 4.26. The van der Waals surface area contributed by atoms with Crippen molar-refractivity contribution in [1.82, 2.24) is 0 Å². The van der Waals surface area contributed by atoms with Gasteiger partial charge < -0.3 is 5.73 Å². The molecule has 2 aliphatic rings. The van der Waals surface area contributed by atoms with Crippen molar-refractivity contribution < 1.29 is 4.79 Å². The number of fused-ring (bicyclic) bond motifs is 1. The van der Waals surface area contributed by atoms with Crippen LogP contribution in [0.1, 0.15) is 42.7 Å². The second-order valence-electron chi connectivity index (χ2n) is 5.47. The molecule has 3 unspecified atom stereocenters. The third-order valence-corrected chi connectivity index (χ3v) is 4.39. The summed E-state index contributed by atoms with van der Waals surface area (Å²) in [4.78, 5) is 12.2. The van der Waals surface area contributed by atoms with Crippen molar-refractivity contribution in [3.8, 4) is 0 Å². The molecule has 0 amide bonds. The Bertz CT molecular complexity index is 440. The van der Waals surface area contributed by atoms with Crippen LogP contribution >= 0.6 is 0 Å². The van der Waals surface area contributed by atoms with E-state index in [4.69, 9.17) is 5.73 Å². The first-order valence-electron chi connectivity index (χ1n) is 6.62. The molecule has 0 radical (unpaired) electrons. The van der Waals surface area contributed by atoms with Gasteiger partial charge in [0.1, 0.15) is 5.78 Å². The Balaban J connectivity index is 1.64. The fourth-order valence-corrected chi connectivity index (χ4v) is 3.33. The highest BCUT2D eigenvalue weighted by Gasteiger charge is 2.34. The zero-order valence-corrected chi connectivity index (χ0v) is 10.1. The molecular formula is C15H19NO. The van der Waals surface area contributed by atoms with Crippen molar-refractivity contribution in [1.29, 1.82) is 0 Å². The van der Waals surface area contributed by atoms with E-state index in [0.717, 1.165) is 25.7 Å². The summed E-state index contributed by atoms with van der Waals surface area (Å²) < 4.78 is 0. The fourth-order valence-electron chi connectivity index (χ4n) is 3.33. The number of hydrogen-bond acceptors (Lipinski definition) is 2. The van der Waals surface area contributed by atoms with Crippen LogP contribution in [-0.2, 0) is 11.2 Å². The van der Waals surface area contributed by atoms with E-state index in [1.54, 1.807) is 0 Å². The van der Waals surface area contributed by atoms with Gasteiger partial charge in [0.15, 0.2) is 0 Å². The van der Waals surface area contributed by atoms with Gasteiger partial charge in [-0.3, -0.25) is 4.79 Å². The maximum Gasteiger partial charge on any atom is 0.138 e. The lowest BCUT2D eigenvalue weighted by Crippen LogP contribution is -2.32. The molecule has 2 nitrogen and oxygen atoms in total. The van der Waals surface area contributed by atoms with Crippen molar-refractivity contribution in [2.24, 2.45) is 11.7 Å². The van der Waals surface area contributed by atoms with E-state index in [-0.39, 0.29) is 12.0 Å². The van der Waals surface area contributed by atoms with Gasteiger partial charge in [-0.1, -0.05) is 30.7 Å². The molecule has 90 valence electrons. The molecule has 0 spiro atoms. The molecule has 0 saturated heterocycles. The van der Waals surface area contributed by atoms with Crippen molar-refractivity contribution in [3.63, 3.8) is 0 Å². The highest BCUT2D eigenvalue weighted by molar-refractivity contribution is 5.83. The van der Waals surface area contributed by atoms with Crippen molar-refractivity contribution >= 4 is 5.78 Å². The summed E-state index contributed by atoms with van der Waals surface area (Å²) in [7, 11) is 0. The third kappa shape index (κ3) is 1.91. The highest BCUT2D eigenvalue weighted by Crippen LogP contribution is 2.39. The van der Waals surface area contributed by atoms with E-state index in [1.807, 2.05) is 0 Å². The van der Waals surface area contributed by atoms with Crippen LogP contribution < -0.4 is 5.73 Å². The first kappa shape index (κ1) is 11.0. The van der Waals surface area contributed by atoms with Crippen LogP contribution in [0, 0.1) is 5.92 Å². The number of carbonyl (C=O) groups excluding carboxylic acids is 1. The molecule has 1 saturated carbocycles. The Morgan fingerprint density at radius 3 is 2.82 bits per heavy atom. The number of carbonyl (C=O) groups is 1. The molecule has 17 heavy (non-hydrogen) atoms. The molecule has 0 aliphatic heterocycles. The molecule has 0 bridgehead atoms. The van der Waals surface area contributed by atoms with Crippen LogP contribution in [0.2, 0.25) is 0 Å². The summed E-state index contributed by atoms with van der Waals surface area (Å²) in [5.74, 6) is 1.00. The molecule has 2 heteroatoms. The third-order valence-electron chi connectivity index (χ3n) is 4.39. The second-order valence-corrected chi connectivity index (χ2v) is 5.47. The number of benzene rings is 1. The SMILES string of the molecule is NC1CCCC1C(=O)CC1Cc2ccccc21. The van der Waals surface area contributed by atoms with Crippen LogP contribution in [0.4, 0.5) is 0 Å². The Labute approximate surface area is 102 Å². The molecular weight excluding hydrogens is 210 g/mol. The number of hydrogen-bond donors (Lipinski definition) is 1. The van der Waals surface area contributed by atoms with E-state index < -0.39 is 0 Å². The molecule has 0 aromatic heterocycles. The molecule has 0 heterocycles. The van der Waals surface area contributed by atoms with Crippen molar-refractivity contribution in [3.05, 3.63) is 35.4 Å². The quantitative estimate of drug-likeness (QED) is 0.865. The van der Waals surface area contributed by atoms with Crippen LogP contribution in [0.15, 0.2) is 24.3 Å². The maximum atomic E-state index is 12.2. The van der Waals surface area contributed by atoms with Gasteiger partial charge in [0.05, 0.1) is 0 Å². The van der Waals surface area contributed by atoms with E-state index in [1.165, 1.54) is 11.1 Å². The van der Waals surface area contributed by atoms with Gasteiger partial charge >= 0.3 is 0 Å². The van der Waals surface area contributed by atoms with Gasteiger partial charge in [0, 0.05) is 18.4 Å². The van der Waals surface area contributed by atoms with E-state index in [2.05, 4.69) is 24.3 Å². The zero-order valence-electron chi connectivity index (χ0n) is 10.1. The predicted octanol–water partition coefficient (Wildman–Crippen LogP) is 2.41.